The zero-order valence-corrected chi connectivity index (χ0v) is 4.70. The van der Waals surface area contributed by atoms with Crippen molar-refractivity contribution in [3.8, 4) is 12.3 Å². The van der Waals surface area contributed by atoms with E-state index in [1.807, 2.05) is 0 Å². The number of rotatable bonds is 0. The molecule has 0 spiro atoms. The highest BCUT2D eigenvalue weighted by Crippen LogP contribution is 1.97. The van der Waals surface area contributed by atoms with Crippen LogP contribution in [0.1, 0.15) is 5.69 Å². The maximum Gasteiger partial charge on any atom is 0.137 e. The Morgan fingerprint density at radius 3 is 2.89 bits per heavy atom. The second-order valence-electron chi connectivity index (χ2n) is 1.52. The molecule has 0 amide bonds. The molecule has 0 bridgehead atoms. The number of nitrogen functional groups attached to an aromatic ring is 1. The van der Waals surface area contributed by atoms with Gasteiger partial charge in [0, 0.05) is 0 Å². The van der Waals surface area contributed by atoms with E-state index in [1.54, 1.807) is 6.07 Å². The lowest BCUT2D eigenvalue weighted by Crippen LogP contribution is -1.91. The van der Waals surface area contributed by atoms with Gasteiger partial charge in [0.05, 0.1) is 11.9 Å². The van der Waals surface area contributed by atoms with Crippen LogP contribution in [0.15, 0.2) is 12.3 Å². The summed E-state index contributed by atoms with van der Waals surface area (Å²) in [7, 11) is 0. The molecule has 0 atom stereocenters. The first-order chi connectivity index (χ1) is 4.33. The summed E-state index contributed by atoms with van der Waals surface area (Å²) in [5, 5.41) is 7.13. The van der Waals surface area contributed by atoms with Gasteiger partial charge < -0.3 is 5.73 Å². The van der Waals surface area contributed by atoms with Crippen LogP contribution in [0.4, 0.5) is 5.69 Å². The molecule has 2 N–H and O–H groups in total. The summed E-state index contributed by atoms with van der Waals surface area (Å²) >= 11 is 0. The quantitative estimate of drug-likeness (QED) is 0.490. The van der Waals surface area contributed by atoms with Crippen LogP contribution in [0.5, 0.6) is 0 Å². The summed E-state index contributed by atoms with van der Waals surface area (Å²) < 4.78 is 0. The van der Waals surface area contributed by atoms with Crippen molar-refractivity contribution in [1.82, 2.24) is 10.2 Å². The summed E-state index contributed by atoms with van der Waals surface area (Å²) in [5.74, 6) is 2.31. The Balaban J connectivity index is 3.12. The Morgan fingerprint density at radius 1 is 1.67 bits per heavy atom. The number of hydrogen-bond donors (Lipinski definition) is 1. The number of nitrogens with zero attached hydrogens (tertiary/aromatic N) is 2. The molecule has 1 aromatic heterocycles. The van der Waals surface area contributed by atoms with Gasteiger partial charge in [-0.2, -0.15) is 5.10 Å². The van der Waals surface area contributed by atoms with E-state index in [1.165, 1.54) is 6.20 Å². The van der Waals surface area contributed by atoms with Gasteiger partial charge in [-0.15, -0.1) is 11.5 Å². The van der Waals surface area contributed by atoms with Crippen LogP contribution in [0, 0.1) is 12.3 Å². The van der Waals surface area contributed by atoms with E-state index in [2.05, 4.69) is 16.1 Å². The van der Waals surface area contributed by atoms with Crippen molar-refractivity contribution in [1.29, 1.82) is 0 Å². The van der Waals surface area contributed by atoms with Crippen LogP contribution >= 0.6 is 0 Å². The Kier molecular flexibility index (Phi) is 1.32. The highest BCUT2D eigenvalue weighted by Gasteiger charge is 1.87. The second-order valence-corrected chi connectivity index (χ2v) is 1.52. The topological polar surface area (TPSA) is 51.8 Å². The number of hydrogen-bond acceptors (Lipinski definition) is 3. The molecule has 0 aliphatic heterocycles. The molecule has 9 heavy (non-hydrogen) atoms. The monoisotopic (exact) mass is 119 g/mol. The van der Waals surface area contributed by atoms with Crippen LogP contribution in [-0.4, -0.2) is 10.2 Å². The molecule has 3 nitrogen and oxygen atoms in total. The third-order valence-electron chi connectivity index (χ3n) is 0.824. The second kappa shape index (κ2) is 2.14. The van der Waals surface area contributed by atoms with Crippen LogP contribution in [0.2, 0.25) is 0 Å². The molecule has 1 heterocycles. The minimum absolute atomic E-state index is 0.468. The maximum absolute atomic E-state index is 5.34. The fraction of sp³-hybridized carbons (Fsp3) is 0. The van der Waals surface area contributed by atoms with E-state index in [-0.39, 0.29) is 0 Å². The van der Waals surface area contributed by atoms with Crippen LogP contribution in [0.3, 0.4) is 0 Å². The smallest absolute Gasteiger partial charge is 0.137 e. The molecule has 0 radical (unpaired) electrons. The molecule has 3 heteroatoms. The molecular formula is C6H5N3. The molecular weight excluding hydrogens is 114 g/mol. The van der Waals surface area contributed by atoms with E-state index >= 15 is 0 Å². The van der Waals surface area contributed by atoms with Gasteiger partial charge in [-0.25, -0.2) is 0 Å². The lowest BCUT2D eigenvalue weighted by Gasteiger charge is -1.88. The molecule has 1 rings (SSSR count). The highest BCUT2D eigenvalue weighted by molar-refractivity contribution is 5.39. The van der Waals surface area contributed by atoms with Crippen molar-refractivity contribution in [3.63, 3.8) is 0 Å². The van der Waals surface area contributed by atoms with Gasteiger partial charge in [-0.3, -0.25) is 0 Å². The first-order valence-electron chi connectivity index (χ1n) is 2.38. The van der Waals surface area contributed by atoms with Gasteiger partial charge >= 0.3 is 0 Å². The molecule has 1 aromatic rings. The maximum atomic E-state index is 5.34. The first-order valence-corrected chi connectivity index (χ1v) is 2.38. The van der Waals surface area contributed by atoms with Gasteiger partial charge in [0.15, 0.2) is 0 Å². The minimum Gasteiger partial charge on any atom is -0.397 e. The van der Waals surface area contributed by atoms with E-state index < -0.39 is 0 Å². The van der Waals surface area contributed by atoms with E-state index in [9.17, 15) is 0 Å². The summed E-state index contributed by atoms with van der Waals surface area (Å²) in [4.78, 5) is 0. The molecule has 0 aliphatic rings. The predicted molar refractivity (Wildman–Crippen MR) is 34.4 cm³/mol. The Bertz CT molecular complexity index is 249. The standard InChI is InChI=1S/C6H5N3/c1-2-6-3-5(7)4-8-9-6/h1,3-4H,(H2,7,9). The van der Waals surface area contributed by atoms with Crippen molar-refractivity contribution in [2.24, 2.45) is 0 Å². The van der Waals surface area contributed by atoms with E-state index in [4.69, 9.17) is 12.2 Å². The van der Waals surface area contributed by atoms with Crippen molar-refractivity contribution >= 4 is 5.69 Å². The summed E-state index contributed by atoms with van der Waals surface area (Å²) in [5.41, 5.74) is 6.34. The Labute approximate surface area is 52.9 Å². The fourth-order valence-corrected chi connectivity index (χ4v) is 0.452. The van der Waals surface area contributed by atoms with E-state index in [0.29, 0.717) is 11.4 Å². The summed E-state index contributed by atoms with van der Waals surface area (Å²) in [6.45, 7) is 0. The average molecular weight is 119 g/mol. The summed E-state index contributed by atoms with van der Waals surface area (Å²) in [6, 6.07) is 1.59. The van der Waals surface area contributed by atoms with Gasteiger partial charge in [-0.1, -0.05) is 0 Å². The van der Waals surface area contributed by atoms with Crippen LogP contribution < -0.4 is 5.73 Å². The SMILES string of the molecule is C#Cc1cc(N)cnn1. The number of anilines is 1. The van der Waals surface area contributed by atoms with E-state index in [0.717, 1.165) is 0 Å². The normalized spacial score (nSPS) is 8.33. The lowest BCUT2D eigenvalue weighted by atomic mass is 10.4. The Hall–Kier alpha value is -1.56. The first kappa shape index (κ1) is 5.57. The van der Waals surface area contributed by atoms with Crippen molar-refractivity contribution in [2.45, 2.75) is 0 Å². The van der Waals surface area contributed by atoms with Crippen LogP contribution in [0.25, 0.3) is 0 Å². The minimum atomic E-state index is 0.468. The highest BCUT2D eigenvalue weighted by atomic mass is 15.1. The van der Waals surface area contributed by atoms with Crippen molar-refractivity contribution < 1.29 is 0 Å². The third kappa shape index (κ3) is 1.16. The zero-order chi connectivity index (χ0) is 6.69. The third-order valence-corrected chi connectivity index (χ3v) is 0.824. The van der Waals surface area contributed by atoms with Gasteiger partial charge in [0.1, 0.15) is 5.69 Å². The Morgan fingerprint density at radius 2 is 2.44 bits per heavy atom. The predicted octanol–water partition coefficient (Wildman–Crippen LogP) is 0.0401. The largest absolute Gasteiger partial charge is 0.397 e. The van der Waals surface area contributed by atoms with Gasteiger partial charge in [-0.05, 0) is 12.0 Å². The lowest BCUT2D eigenvalue weighted by molar-refractivity contribution is 1.02. The van der Waals surface area contributed by atoms with Gasteiger partial charge in [0.25, 0.3) is 0 Å². The molecule has 0 unspecified atom stereocenters. The average Bonchev–Trinajstić information content (AvgIpc) is 1.88. The fourth-order valence-electron chi connectivity index (χ4n) is 0.452. The van der Waals surface area contributed by atoms with Crippen molar-refractivity contribution in [2.75, 3.05) is 5.73 Å². The molecule has 0 saturated heterocycles. The van der Waals surface area contributed by atoms with Crippen molar-refractivity contribution in [3.05, 3.63) is 18.0 Å². The number of nitrogens with two attached hydrogens (primary N) is 1. The molecule has 0 aliphatic carbocycles. The number of terminal acetylenes is 1. The molecule has 0 aromatic carbocycles. The van der Waals surface area contributed by atoms with Crippen LogP contribution in [-0.2, 0) is 0 Å². The summed E-state index contributed by atoms with van der Waals surface area (Å²) in [6.07, 6.45) is 6.46. The zero-order valence-electron chi connectivity index (χ0n) is 4.70. The molecule has 44 valence electrons. The molecule has 0 fully saturated rings. The number of aromatic nitrogens is 2. The molecule has 0 saturated carbocycles. The van der Waals surface area contributed by atoms with Gasteiger partial charge in [0.2, 0.25) is 0 Å².